The average molecular weight is 217 g/mol. The van der Waals surface area contributed by atoms with E-state index in [4.69, 9.17) is 16.6 Å². The number of amidine groups is 1. The summed E-state index contributed by atoms with van der Waals surface area (Å²) in [6, 6.07) is 0. The Bertz CT molecular complexity index is 294. The van der Waals surface area contributed by atoms with Crippen LogP contribution in [-0.2, 0) is 4.79 Å². The van der Waals surface area contributed by atoms with Crippen molar-refractivity contribution in [2.45, 2.75) is 25.8 Å². The number of hydrogen-bond acceptors (Lipinski definition) is 3. The lowest BCUT2D eigenvalue weighted by Gasteiger charge is -2.16. The normalized spacial score (nSPS) is 17.3. The second kappa shape index (κ2) is 5.45. The molecule has 86 valence electrons. The zero-order valence-corrected chi connectivity index (χ0v) is 8.83. The average Bonchev–Trinajstić information content (AvgIpc) is 2.11. The van der Waals surface area contributed by atoms with Gasteiger partial charge in [-0.15, -0.1) is 0 Å². The molecule has 0 radical (unpaired) electrons. The van der Waals surface area contributed by atoms with Crippen LogP contribution in [0.4, 0.5) is 4.39 Å². The first-order valence-corrected chi connectivity index (χ1v) is 4.39. The van der Waals surface area contributed by atoms with E-state index in [2.05, 4.69) is 4.99 Å². The van der Waals surface area contributed by atoms with Crippen molar-refractivity contribution in [3.63, 3.8) is 0 Å². The van der Waals surface area contributed by atoms with Gasteiger partial charge in [-0.1, -0.05) is 0 Å². The van der Waals surface area contributed by atoms with Crippen LogP contribution in [0, 0.1) is 0 Å². The maximum absolute atomic E-state index is 13.0. The van der Waals surface area contributed by atoms with Crippen LogP contribution < -0.4 is 11.5 Å². The number of halogens is 1. The van der Waals surface area contributed by atoms with Crippen molar-refractivity contribution in [1.82, 2.24) is 0 Å². The minimum atomic E-state index is -1.46. The summed E-state index contributed by atoms with van der Waals surface area (Å²) in [5.41, 5.74) is 9.14. The number of nitrogens with zero attached hydrogens (tertiary/aromatic N) is 1. The lowest BCUT2D eigenvalue weighted by atomic mass is 9.99. The van der Waals surface area contributed by atoms with E-state index in [1.54, 1.807) is 0 Å². The Kier molecular flexibility index (Phi) is 4.93. The van der Waals surface area contributed by atoms with Gasteiger partial charge in [0, 0.05) is 0 Å². The van der Waals surface area contributed by atoms with Gasteiger partial charge in [-0.05, 0) is 26.3 Å². The molecule has 0 aromatic heterocycles. The number of aliphatic imine (C=N–C) groups is 1. The number of rotatable bonds is 5. The van der Waals surface area contributed by atoms with Gasteiger partial charge in [0.15, 0.2) is 0 Å². The molecule has 5 nitrogen and oxygen atoms in total. The van der Waals surface area contributed by atoms with Gasteiger partial charge in [0.05, 0.1) is 12.4 Å². The fourth-order valence-corrected chi connectivity index (χ4v) is 0.675. The molecule has 0 saturated heterocycles. The molecule has 6 heteroatoms. The van der Waals surface area contributed by atoms with Crippen molar-refractivity contribution in [3.05, 3.63) is 11.9 Å². The largest absolute Gasteiger partial charge is 0.480 e. The van der Waals surface area contributed by atoms with Gasteiger partial charge in [0.25, 0.3) is 0 Å². The molecular formula is C9H16FN3O2. The molecule has 0 heterocycles. The standard InChI is InChI=1S/C9H16FN3O2/c1-6(11)13-5-7(10)3-4-9(2,12)8(14)15/h3H,4-5,12H2,1-2H3,(H2,11,13)(H,14,15). The van der Waals surface area contributed by atoms with Crippen molar-refractivity contribution in [2.75, 3.05) is 6.54 Å². The summed E-state index contributed by atoms with van der Waals surface area (Å²) < 4.78 is 13.0. The van der Waals surface area contributed by atoms with Crippen LogP contribution in [0.15, 0.2) is 16.9 Å². The van der Waals surface area contributed by atoms with Gasteiger partial charge >= 0.3 is 5.97 Å². The van der Waals surface area contributed by atoms with Crippen LogP contribution in [0.5, 0.6) is 0 Å². The Balaban J connectivity index is 4.28. The fraction of sp³-hybridized carbons (Fsp3) is 0.556. The third-order valence-corrected chi connectivity index (χ3v) is 1.72. The fourth-order valence-electron chi connectivity index (χ4n) is 0.675. The van der Waals surface area contributed by atoms with Crippen LogP contribution in [0.2, 0.25) is 0 Å². The number of carboxylic acids is 1. The van der Waals surface area contributed by atoms with E-state index in [1.165, 1.54) is 13.8 Å². The number of nitrogens with two attached hydrogens (primary N) is 2. The summed E-state index contributed by atoms with van der Waals surface area (Å²) in [5.74, 6) is -1.45. The first kappa shape index (κ1) is 13.6. The molecule has 0 aromatic rings. The highest BCUT2D eigenvalue weighted by molar-refractivity contribution is 5.78. The van der Waals surface area contributed by atoms with Crippen LogP contribution in [-0.4, -0.2) is 29.0 Å². The van der Waals surface area contributed by atoms with E-state index in [0.29, 0.717) is 0 Å². The Morgan fingerprint density at radius 1 is 1.67 bits per heavy atom. The van der Waals surface area contributed by atoms with E-state index < -0.39 is 17.3 Å². The molecule has 0 rings (SSSR count). The van der Waals surface area contributed by atoms with Gasteiger partial charge in [-0.3, -0.25) is 9.79 Å². The number of aliphatic carboxylic acids is 1. The first-order chi connectivity index (χ1) is 6.75. The summed E-state index contributed by atoms with van der Waals surface area (Å²) >= 11 is 0. The highest BCUT2D eigenvalue weighted by Gasteiger charge is 2.26. The Morgan fingerprint density at radius 2 is 2.20 bits per heavy atom. The second-order valence-electron chi connectivity index (χ2n) is 3.54. The van der Waals surface area contributed by atoms with E-state index in [-0.39, 0.29) is 18.8 Å². The number of carbonyl (C=O) groups is 1. The summed E-state index contributed by atoms with van der Waals surface area (Å²) in [6.45, 7) is 2.67. The molecule has 1 atom stereocenters. The Labute approximate surface area is 87.7 Å². The van der Waals surface area contributed by atoms with Crippen molar-refractivity contribution in [1.29, 1.82) is 0 Å². The van der Waals surface area contributed by atoms with E-state index >= 15 is 0 Å². The molecule has 15 heavy (non-hydrogen) atoms. The molecule has 0 aliphatic carbocycles. The summed E-state index contributed by atoms with van der Waals surface area (Å²) in [5, 5.41) is 8.65. The zero-order chi connectivity index (χ0) is 12.1. The van der Waals surface area contributed by atoms with Crippen LogP contribution in [0.3, 0.4) is 0 Å². The molecule has 0 bridgehead atoms. The van der Waals surface area contributed by atoms with E-state index in [0.717, 1.165) is 6.08 Å². The maximum Gasteiger partial charge on any atom is 0.323 e. The quantitative estimate of drug-likeness (QED) is 0.458. The molecule has 0 aliphatic rings. The van der Waals surface area contributed by atoms with Crippen molar-refractivity contribution < 1.29 is 14.3 Å². The van der Waals surface area contributed by atoms with Crippen molar-refractivity contribution in [2.24, 2.45) is 16.5 Å². The molecule has 0 spiro atoms. The third-order valence-electron chi connectivity index (χ3n) is 1.72. The van der Waals surface area contributed by atoms with Crippen molar-refractivity contribution >= 4 is 11.8 Å². The Morgan fingerprint density at radius 3 is 2.60 bits per heavy atom. The predicted molar refractivity (Wildman–Crippen MR) is 56.2 cm³/mol. The van der Waals surface area contributed by atoms with Gasteiger partial charge in [-0.25, -0.2) is 4.39 Å². The molecule has 0 amide bonds. The van der Waals surface area contributed by atoms with Gasteiger partial charge in [0.2, 0.25) is 0 Å². The van der Waals surface area contributed by atoms with E-state index in [9.17, 15) is 9.18 Å². The highest BCUT2D eigenvalue weighted by atomic mass is 19.1. The smallest absolute Gasteiger partial charge is 0.323 e. The summed E-state index contributed by atoms with van der Waals surface area (Å²) in [6.07, 6.45) is 1.02. The minimum Gasteiger partial charge on any atom is -0.480 e. The van der Waals surface area contributed by atoms with Crippen LogP contribution in [0.25, 0.3) is 0 Å². The van der Waals surface area contributed by atoms with E-state index in [1.807, 2.05) is 0 Å². The second-order valence-corrected chi connectivity index (χ2v) is 3.54. The highest BCUT2D eigenvalue weighted by Crippen LogP contribution is 2.09. The van der Waals surface area contributed by atoms with Gasteiger partial charge in [-0.2, -0.15) is 0 Å². The lowest BCUT2D eigenvalue weighted by Crippen LogP contribution is -2.44. The van der Waals surface area contributed by atoms with Crippen molar-refractivity contribution in [3.8, 4) is 0 Å². The number of hydrogen-bond donors (Lipinski definition) is 3. The lowest BCUT2D eigenvalue weighted by molar-refractivity contribution is -0.142. The third kappa shape index (κ3) is 5.79. The topological polar surface area (TPSA) is 102 Å². The molecule has 0 fully saturated rings. The van der Waals surface area contributed by atoms with Gasteiger partial charge < -0.3 is 16.6 Å². The minimum absolute atomic E-state index is 0.0900. The predicted octanol–water partition coefficient (Wildman–Crippen LogP) is 0.409. The summed E-state index contributed by atoms with van der Waals surface area (Å²) in [7, 11) is 0. The SMILES string of the molecule is CC(N)=NCC(F)=CCC(C)(N)C(=O)O. The van der Waals surface area contributed by atoms with Gasteiger partial charge in [0.1, 0.15) is 11.4 Å². The molecule has 0 saturated carbocycles. The zero-order valence-electron chi connectivity index (χ0n) is 8.83. The maximum atomic E-state index is 13.0. The first-order valence-electron chi connectivity index (χ1n) is 4.39. The Hall–Kier alpha value is -1.43. The number of carboxylic acid groups (broad SMARTS) is 1. The summed E-state index contributed by atoms with van der Waals surface area (Å²) in [4.78, 5) is 14.2. The molecular weight excluding hydrogens is 201 g/mol. The molecule has 0 aliphatic heterocycles. The molecule has 0 aromatic carbocycles. The van der Waals surface area contributed by atoms with Crippen LogP contribution in [0.1, 0.15) is 20.3 Å². The molecule has 5 N–H and O–H groups in total. The molecule has 1 unspecified atom stereocenters. The van der Waals surface area contributed by atoms with Crippen LogP contribution >= 0.6 is 0 Å². The monoisotopic (exact) mass is 217 g/mol.